The molecule has 3 N–H and O–H groups in total. The number of allylic oxidation sites excluding steroid dienone is 2. The SMILES string of the molecule is CCCCOc1nc(N)c2c(n1)C(CCCCCN1CCCC1C(=O)NCC1CC1)=C(C#N)C2. The number of nitrogens with one attached hydrogen (secondary N) is 1. The van der Waals surface area contributed by atoms with Crippen LogP contribution in [0.15, 0.2) is 5.57 Å². The highest BCUT2D eigenvalue weighted by molar-refractivity contribution is 5.82. The highest BCUT2D eigenvalue weighted by Crippen LogP contribution is 2.38. The van der Waals surface area contributed by atoms with E-state index in [0.717, 1.165) is 93.4 Å². The van der Waals surface area contributed by atoms with Crippen molar-refractivity contribution in [3.8, 4) is 12.1 Å². The van der Waals surface area contributed by atoms with Crippen molar-refractivity contribution in [3.05, 3.63) is 16.8 Å². The van der Waals surface area contributed by atoms with E-state index in [0.29, 0.717) is 30.8 Å². The number of amides is 1. The maximum Gasteiger partial charge on any atom is 0.318 e. The summed E-state index contributed by atoms with van der Waals surface area (Å²) in [6.07, 6.45) is 10.9. The number of nitriles is 1. The largest absolute Gasteiger partial charge is 0.463 e. The van der Waals surface area contributed by atoms with E-state index in [1.54, 1.807) is 0 Å². The third kappa shape index (κ3) is 6.06. The number of likely N-dealkylation sites (tertiary alicyclic amines) is 1. The van der Waals surface area contributed by atoms with Crippen LogP contribution in [0.4, 0.5) is 5.82 Å². The smallest absolute Gasteiger partial charge is 0.318 e. The first-order valence-electron chi connectivity index (χ1n) is 13.0. The molecule has 0 bridgehead atoms. The second kappa shape index (κ2) is 11.7. The van der Waals surface area contributed by atoms with E-state index in [2.05, 4.69) is 33.2 Å². The number of nitrogens with zero attached hydrogens (tertiary/aromatic N) is 4. The Morgan fingerprint density at radius 1 is 1.24 bits per heavy atom. The molecule has 34 heavy (non-hydrogen) atoms. The minimum atomic E-state index is 0.0409. The lowest BCUT2D eigenvalue weighted by molar-refractivity contribution is -0.125. The number of aromatic nitrogens is 2. The maximum atomic E-state index is 12.6. The van der Waals surface area contributed by atoms with Gasteiger partial charge in [-0.25, -0.2) is 0 Å². The number of rotatable bonds is 13. The van der Waals surface area contributed by atoms with Crippen LogP contribution in [0.5, 0.6) is 6.01 Å². The van der Waals surface area contributed by atoms with Crippen LogP contribution in [0.25, 0.3) is 5.57 Å². The number of fused-ring (bicyclic) bond motifs is 1. The highest BCUT2D eigenvalue weighted by Gasteiger charge is 2.31. The Balaban J connectivity index is 1.26. The second-order valence-corrected chi connectivity index (χ2v) is 9.86. The van der Waals surface area contributed by atoms with Gasteiger partial charge in [-0.3, -0.25) is 9.69 Å². The van der Waals surface area contributed by atoms with Crippen LogP contribution in [0.2, 0.25) is 0 Å². The molecule has 2 fully saturated rings. The zero-order chi connectivity index (χ0) is 23.9. The minimum absolute atomic E-state index is 0.0409. The molecular weight excluding hydrogens is 428 g/mol. The Labute approximate surface area is 203 Å². The normalized spacial score (nSPS) is 19.8. The molecule has 8 nitrogen and oxygen atoms in total. The van der Waals surface area contributed by atoms with Crippen molar-refractivity contribution in [1.82, 2.24) is 20.2 Å². The van der Waals surface area contributed by atoms with Gasteiger partial charge in [0.05, 0.1) is 24.4 Å². The zero-order valence-electron chi connectivity index (χ0n) is 20.4. The molecule has 1 aromatic rings. The van der Waals surface area contributed by atoms with Crippen molar-refractivity contribution in [2.24, 2.45) is 5.92 Å². The van der Waals surface area contributed by atoms with Crippen molar-refractivity contribution in [1.29, 1.82) is 5.26 Å². The fourth-order valence-corrected chi connectivity index (χ4v) is 4.95. The van der Waals surface area contributed by atoms with Gasteiger partial charge in [0.2, 0.25) is 5.91 Å². The molecule has 0 aromatic carbocycles. The van der Waals surface area contributed by atoms with E-state index in [1.165, 1.54) is 12.8 Å². The van der Waals surface area contributed by atoms with Crippen molar-refractivity contribution >= 4 is 17.3 Å². The quantitative estimate of drug-likeness (QED) is 0.426. The molecule has 1 saturated heterocycles. The number of hydrogen-bond acceptors (Lipinski definition) is 7. The predicted molar refractivity (Wildman–Crippen MR) is 132 cm³/mol. The summed E-state index contributed by atoms with van der Waals surface area (Å²) >= 11 is 0. The Morgan fingerprint density at radius 3 is 2.85 bits per heavy atom. The first-order chi connectivity index (χ1) is 16.6. The Bertz CT molecular complexity index is 949. The number of unbranched alkanes of at least 4 members (excludes halogenated alkanes) is 3. The summed E-state index contributed by atoms with van der Waals surface area (Å²) in [4.78, 5) is 23.8. The van der Waals surface area contributed by atoms with E-state index in [9.17, 15) is 10.1 Å². The molecule has 3 aliphatic rings. The monoisotopic (exact) mass is 466 g/mol. The standard InChI is InChI=1S/C26H38N6O2/c1-2-3-14-34-26-30-23-20(19(16-27)15-21(23)24(28)31-26)8-5-4-6-12-32-13-7-9-22(32)25(33)29-17-18-10-11-18/h18,22H,2-15,17H2,1H3,(H,29,33)(H2,28,30,31). The van der Waals surface area contributed by atoms with Gasteiger partial charge in [-0.1, -0.05) is 19.8 Å². The average molecular weight is 467 g/mol. The topological polar surface area (TPSA) is 117 Å². The van der Waals surface area contributed by atoms with Crippen LogP contribution >= 0.6 is 0 Å². The van der Waals surface area contributed by atoms with Gasteiger partial charge in [0.1, 0.15) is 5.82 Å². The lowest BCUT2D eigenvalue weighted by Gasteiger charge is -2.23. The Hall–Kier alpha value is -2.66. The summed E-state index contributed by atoms with van der Waals surface area (Å²) < 4.78 is 5.69. The fourth-order valence-electron chi connectivity index (χ4n) is 4.95. The molecule has 1 atom stereocenters. The van der Waals surface area contributed by atoms with E-state index in [1.807, 2.05) is 0 Å². The second-order valence-electron chi connectivity index (χ2n) is 9.86. The maximum absolute atomic E-state index is 12.6. The summed E-state index contributed by atoms with van der Waals surface area (Å²) in [6, 6.07) is 2.70. The molecule has 8 heteroatoms. The van der Waals surface area contributed by atoms with E-state index < -0.39 is 0 Å². The summed E-state index contributed by atoms with van der Waals surface area (Å²) in [5.74, 6) is 1.34. The van der Waals surface area contributed by atoms with E-state index in [4.69, 9.17) is 10.5 Å². The van der Waals surface area contributed by atoms with Gasteiger partial charge < -0.3 is 15.8 Å². The molecule has 2 heterocycles. The number of carbonyl (C=O) groups excluding carboxylic acids is 1. The zero-order valence-corrected chi connectivity index (χ0v) is 20.4. The Morgan fingerprint density at radius 2 is 2.09 bits per heavy atom. The first kappa shape index (κ1) is 24.5. The molecule has 1 unspecified atom stereocenters. The molecule has 4 rings (SSSR count). The minimum Gasteiger partial charge on any atom is -0.463 e. The molecule has 184 valence electrons. The average Bonchev–Trinajstić information content (AvgIpc) is 3.43. The van der Waals surface area contributed by atoms with Crippen molar-refractivity contribution in [2.45, 2.75) is 83.6 Å². The fraction of sp³-hybridized carbons (Fsp3) is 0.692. The van der Waals surface area contributed by atoms with Crippen molar-refractivity contribution < 1.29 is 9.53 Å². The van der Waals surface area contributed by atoms with Gasteiger partial charge in [0.25, 0.3) is 0 Å². The van der Waals surface area contributed by atoms with Crippen molar-refractivity contribution in [3.63, 3.8) is 0 Å². The lowest BCUT2D eigenvalue weighted by Crippen LogP contribution is -2.44. The van der Waals surface area contributed by atoms with Gasteiger partial charge in [0.15, 0.2) is 0 Å². The molecule has 1 aromatic heterocycles. The van der Waals surface area contributed by atoms with Gasteiger partial charge >= 0.3 is 6.01 Å². The van der Waals surface area contributed by atoms with Crippen molar-refractivity contribution in [2.75, 3.05) is 32.0 Å². The molecule has 1 amide bonds. The van der Waals surface area contributed by atoms with Crippen LogP contribution in [0.1, 0.15) is 82.4 Å². The molecule has 2 aliphatic carbocycles. The number of anilines is 1. The summed E-state index contributed by atoms with van der Waals surface area (Å²) in [5.41, 5.74) is 9.56. The van der Waals surface area contributed by atoms with Crippen LogP contribution in [0.3, 0.4) is 0 Å². The van der Waals surface area contributed by atoms with Crippen LogP contribution < -0.4 is 15.8 Å². The van der Waals surface area contributed by atoms with E-state index >= 15 is 0 Å². The molecule has 0 radical (unpaired) electrons. The van der Waals surface area contributed by atoms with Crippen LogP contribution in [-0.2, 0) is 11.2 Å². The van der Waals surface area contributed by atoms with Gasteiger partial charge in [-0.2, -0.15) is 15.2 Å². The van der Waals surface area contributed by atoms with Crippen LogP contribution in [-0.4, -0.2) is 53.1 Å². The molecular formula is C26H38N6O2. The molecule has 1 aliphatic heterocycles. The number of ether oxygens (including phenoxy) is 1. The number of hydrogen-bond donors (Lipinski definition) is 2. The lowest BCUT2D eigenvalue weighted by atomic mass is 10.0. The first-order valence-corrected chi connectivity index (χ1v) is 13.0. The number of carbonyl (C=O) groups is 1. The highest BCUT2D eigenvalue weighted by atomic mass is 16.5. The predicted octanol–water partition coefficient (Wildman–Crippen LogP) is 3.62. The van der Waals surface area contributed by atoms with Crippen LogP contribution in [0, 0.1) is 17.2 Å². The molecule has 0 spiro atoms. The number of nitrogens with two attached hydrogens (primary N) is 1. The number of nitrogen functional groups attached to an aromatic ring is 1. The third-order valence-corrected chi connectivity index (χ3v) is 7.19. The molecule has 1 saturated carbocycles. The summed E-state index contributed by atoms with van der Waals surface area (Å²) in [5, 5.41) is 12.8. The Kier molecular flexibility index (Phi) is 8.39. The summed E-state index contributed by atoms with van der Waals surface area (Å²) in [6.45, 7) is 5.48. The third-order valence-electron chi connectivity index (χ3n) is 7.19. The summed E-state index contributed by atoms with van der Waals surface area (Å²) in [7, 11) is 0. The van der Waals surface area contributed by atoms with Gasteiger partial charge in [0, 0.05) is 24.1 Å². The van der Waals surface area contributed by atoms with E-state index in [-0.39, 0.29) is 11.9 Å². The van der Waals surface area contributed by atoms with Gasteiger partial charge in [-0.05, 0) is 75.9 Å². The van der Waals surface area contributed by atoms with Gasteiger partial charge in [-0.15, -0.1) is 0 Å².